The lowest BCUT2D eigenvalue weighted by molar-refractivity contribution is 0.484. The van der Waals surface area contributed by atoms with E-state index >= 15 is 4.39 Å². The topological polar surface area (TPSA) is 109 Å². The summed E-state index contributed by atoms with van der Waals surface area (Å²) >= 11 is 1.92. The van der Waals surface area contributed by atoms with Gasteiger partial charge in [-0.2, -0.15) is 8.42 Å². The van der Waals surface area contributed by atoms with E-state index < -0.39 is 44.5 Å². The third kappa shape index (κ3) is 4.21. The number of pyridine rings is 1. The second-order valence-corrected chi connectivity index (χ2v) is 11.8. The lowest BCUT2D eigenvalue weighted by atomic mass is 10.2. The van der Waals surface area contributed by atoms with Crippen LogP contribution in [0.5, 0.6) is 5.75 Å². The fourth-order valence-corrected chi connectivity index (χ4v) is 5.71. The van der Waals surface area contributed by atoms with Crippen molar-refractivity contribution in [1.29, 1.82) is 0 Å². The molecule has 0 amide bonds. The molecule has 0 unspecified atom stereocenters. The Labute approximate surface area is 224 Å². The van der Waals surface area contributed by atoms with Gasteiger partial charge in [-0.15, -0.1) is 0 Å². The predicted molar refractivity (Wildman–Crippen MR) is 144 cm³/mol. The van der Waals surface area contributed by atoms with E-state index in [0.29, 0.717) is 16.4 Å². The van der Waals surface area contributed by atoms with Crippen LogP contribution in [0.1, 0.15) is 30.0 Å². The monoisotopic (exact) mass is 637 g/mol. The molecule has 0 aliphatic heterocycles. The Balaban J connectivity index is 1.92. The molecule has 0 atom stereocenters. The Bertz CT molecular complexity index is 1890. The van der Waals surface area contributed by atoms with Gasteiger partial charge in [-0.25, -0.2) is 13.8 Å². The highest BCUT2D eigenvalue weighted by Gasteiger charge is 2.33. The molecule has 1 saturated carbocycles. The van der Waals surface area contributed by atoms with Crippen LogP contribution in [-0.4, -0.2) is 22.1 Å². The summed E-state index contributed by atoms with van der Waals surface area (Å²) in [7, 11) is -3.14. The van der Waals surface area contributed by atoms with E-state index in [-0.39, 0.29) is 27.2 Å². The third-order valence-corrected chi connectivity index (χ3v) is 8.25. The molecule has 2 aromatic carbocycles. The molecular formula is C25H21FIN3O6S. The molecule has 192 valence electrons. The molecule has 37 heavy (non-hydrogen) atoms. The van der Waals surface area contributed by atoms with Crippen LogP contribution in [0.3, 0.4) is 0 Å². The molecule has 9 nitrogen and oxygen atoms in total. The van der Waals surface area contributed by atoms with Gasteiger partial charge < -0.3 is 4.18 Å². The van der Waals surface area contributed by atoms with Crippen molar-refractivity contribution in [2.45, 2.75) is 37.6 Å². The van der Waals surface area contributed by atoms with Crippen LogP contribution in [0.4, 0.5) is 4.39 Å². The zero-order valence-corrected chi connectivity index (χ0v) is 23.0. The fourth-order valence-electron chi connectivity index (χ4n) is 4.26. The van der Waals surface area contributed by atoms with Crippen LogP contribution >= 0.6 is 22.6 Å². The summed E-state index contributed by atoms with van der Waals surface area (Å²) in [4.78, 5) is 40.4. The normalized spacial score (nSPS) is 13.8. The quantitative estimate of drug-likeness (QED) is 0.246. The molecule has 5 rings (SSSR count). The highest BCUT2D eigenvalue weighted by atomic mass is 127. The summed E-state index contributed by atoms with van der Waals surface area (Å²) in [6, 6.07) is 9.60. The zero-order valence-electron chi connectivity index (χ0n) is 20.0. The van der Waals surface area contributed by atoms with Crippen molar-refractivity contribution in [3.8, 4) is 11.4 Å². The molecule has 0 N–H and O–H groups in total. The summed E-state index contributed by atoms with van der Waals surface area (Å²) in [5, 5.41) is -0.306. The Morgan fingerprint density at radius 1 is 1.00 bits per heavy atom. The number of halogens is 2. The van der Waals surface area contributed by atoms with Crippen molar-refractivity contribution in [3.63, 3.8) is 0 Å². The lowest BCUT2D eigenvalue weighted by Crippen LogP contribution is -2.42. The standard InChI is InChI=1S/C25H21FIN3O6S/c1-13-4-9-17(10-5-13)37(34,35)36-21-14(2)23(31)28(3)22-20(21)24(32)29(16-7-8-16)25(33)30(22)19-11-6-15(27)12-18(19)26/h4-6,9-12,16H,7-8H2,1-3H3. The van der Waals surface area contributed by atoms with Crippen molar-refractivity contribution in [3.05, 3.63) is 94.2 Å². The third-order valence-electron chi connectivity index (χ3n) is 6.34. The average Bonchev–Trinajstić information content (AvgIpc) is 3.66. The second kappa shape index (κ2) is 8.94. The number of fused-ring (bicyclic) bond motifs is 1. The number of benzene rings is 2. The smallest absolute Gasteiger partial charge is 0.339 e. The first kappa shape index (κ1) is 25.4. The van der Waals surface area contributed by atoms with E-state index in [1.54, 1.807) is 25.1 Å². The molecule has 1 aliphatic carbocycles. The van der Waals surface area contributed by atoms with Gasteiger partial charge in [-0.1, -0.05) is 17.7 Å². The van der Waals surface area contributed by atoms with Crippen molar-refractivity contribution in [2.75, 3.05) is 0 Å². The van der Waals surface area contributed by atoms with Crippen LogP contribution in [0.15, 0.2) is 61.7 Å². The fraction of sp³-hybridized carbons (Fsp3) is 0.240. The van der Waals surface area contributed by atoms with Crippen molar-refractivity contribution in [1.82, 2.24) is 13.7 Å². The van der Waals surface area contributed by atoms with Gasteiger partial charge in [-0.05, 0) is 79.6 Å². The first-order valence-corrected chi connectivity index (χ1v) is 13.8. The van der Waals surface area contributed by atoms with Crippen LogP contribution in [0.25, 0.3) is 16.7 Å². The number of hydrogen-bond donors (Lipinski definition) is 0. The van der Waals surface area contributed by atoms with Gasteiger partial charge in [0.25, 0.3) is 11.1 Å². The minimum absolute atomic E-state index is 0.140. The Hall–Kier alpha value is -3.26. The summed E-state index contributed by atoms with van der Waals surface area (Å²) in [6.45, 7) is 3.13. The summed E-state index contributed by atoms with van der Waals surface area (Å²) in [5.41, 5.74) is -2.11. The Morgan fingerprint density at radius 2 is 1.65 bits per heavy atom. The van der Waals surface area contributed by atoms with Gasteiger partial charge in [0.1, 0.15) is 21.7 Å². The van der Waals surface area contributed by atoms with Crippen LogP contribution < -0.4 is 21.0 Å². The minimum Gasteiger partial charge on any atom is -0.377 e. The number of nitrogens with zero attached hydrogens (tertiary/aromatic N) is 3. The van der Waals surface area contributed by atoms with E-state index in [0.717, 1.165) is 19.3 Å². The molecule has 0 saturated heterocycles. The Kier molecular flexibility index (Phi) is 6.14. The molecule has 1 fully saturated rings. The molecule has 0 bridgehead atoms. The van der Waals surface area contributed by atoms with Crippen molar-refractivity contribution in [2.24, 2.45) is 7.05 Å². The molecule has 0 radical (unpaired) electrons. The van der Waals surface area contributed by atoms with E-state index in [2.05, 4.69) is 0 Å². The highest BCUT2D eigenvalue weighted by Crippen LogP contribution is 2.34. The van der Waals surface area contributed by atoms with E-state index in [4.69, 9.17) is 4.18 Å². The summed E-state index contributed by atoms with van der Waals surface area (Å²) in [6.07, 6.45) is 1.11. The largest absolute Gasteiger partial charge is 0.377 e. The van der Waals surface area contributed by atoms with Crippen LogP contribution in [0.2, 0.25) is 0 Å². The minimum atomic E-state index is -4.47. The molecule has 1 aliphatic rings. The van der Waals surface area contributed by atoms with Gasteiger partial charge in [-0.3, -0.25) is 18.7 Å². The van der Waals surface area contributed by atoms with E-state index in [1.165, 1.54) is 38.2 Å². The first-order chi connectivity index (χ1) is 17.4. The molecule has 12 heteroatoms. The second-order valence-electron chi connectivity index (χ2n) is 8.99. The first-order valence-electron chi connectivity index (χ1n) is 11.3. The number of rotatable bonds is 5. The number of hydrogen-bond acceptors (Lipinski definition) is 6. The van der Waals surface area contributed by atoms with E-state index in [9.17, 15) is 22.8 Å². The SMILES string of the molecule is Cc1ccc(S(=O)(=O)Oc2c(C)c(=O)n(C)c3c2c(=O)n(C2CC2)c(=O)n3-c2ccc(I)cc2F)cc1. The maximum absolute atomic E-state index is 15.2. The van der Waals surface area contributed by atoms with Gasteiger partial charge in [0.15, 0.2) is 5.75 Å². The van der Waals surface area contributed by atoms with Gasteiger partial charge in [0, 0.05) is 16.7 Å². The summed E-state index contributed by atoms with van der Waals surface area (Å²) in [5.74, 6) is -1.24. The van der Waals surface area contributed by atoms with Crippen molar-refractivity contribution >= 4 is 43.7 Å². The highest BCUT2D eigenvalue weighted by molar-refractivity contribution is 14.1. The van der Waals surface area contributed by atoms with Gasteiger partial charge >= 0.3 is 15.8 Å². The van der Waals surface area contributed by atoms with Crippen molar-refractivity contribution < 1.29 is 17.0 Å². The number of aromatic nitrogens is 3. The zero-order chi connectivity index (χ0) is 26.8. The lowest BCUT2D eigenvalue weighted by Gasteiger charge is -2.20. The van der Waals surface area contributed by atoms with Gasteiger partial charge in [0.2, 0.25) is 0 Å². The number of aryl methyl sites for hydroxylation is 2. The molecule has 2 aromatic heterocycles. The molecule has 2 heterocycles. The maximum atomic E-state index is 15.2. The van der Waals surface area contributed by atoms with Crippen LogP contribution in [0, 0.1) is 23.2 Å². The van der Waals surface area contributed by atoms with Crippen LogP contribution in [-0.2, 0) is 17.2 Å². The van der Waals surface area contributed by atoms with E-state index in [1.807, 2.05) is 22.6 Å². The average molecular weight is 637 g/mol. The Morgan fingerprint density at radius 3 is 2.24 bits per heavy atom. The molecular weight excluding hydrogens is 616 g/mol. The predicted octanol–water partition coefficient (Wildman–Crippen LogP) is 3.31. The molecule has 4 aromatic rings. The van der Waals surface area contributed by atoms with Gasteiger partial charge in [0.05, 0.1) is 11.3 Å². The molecule has 0 spiro atoms. The summed E-state index contributed by atoms with van der Waals surface area (Å²) < 4.78 is 50.5. The maximum Gasteiger partial charge on any atom is 0.339 e.